The minimum atomic E-state index is -0.495. The van der Waals surface area contributed by atoms with Gasteiger partial charge in [-0.3, -0.25) is 4.79 Å². The second-order valence-corrected chi connectivity index (χ2v) is 6.01. The van der Waals surface area contributed by atoms with Gasteiger partial charge in [-0.1, -0.05) is 0 Å². The Morgan fingerprint density at radius 3 is 2.47 bits per heavy atom. The highest BCUT2D eigenvalue weighted by molar-refractivity contribution is 5.78. The molecular weight excluding hydrogens is 246 g/mol. The number of hydrogen-bond acceptors (Lipinski definition) is 4. The Morgan fingerprint density at radius 2 is 1.95 bits per heavy atom. The van der Waals surface area contributed by atoms with Crippen LogP contribution in [0.4, 0.5) is 4.79 Å². The lowest BCUT2D eigenvalue weighted by molar-refractivity contribution is -0.120. The highest BCUT2D eigenvalue weighted by Crippen LogP contribution is 2.18. The van der Waals surface area contributed by atoms with Gasteiger partial charge in [0.15, 0.2) is 0 Å². The smallest absolute Gasteiger partial charge is 0.407 e. The van der Waals surface area contributed by atoms with E-state index in [1.165, 1.54) is 0 Å². The molecule has 1 atom stereocenters. The van der Waals surface area contributed by atoms with Gasteiger partial charge in [0.25, 0.3) is 0 Å². The van der Waals surface area contributed by atoms with Crippen molar-refractivity contribution in [1.82, 2.24) is 16.0 Å². The van der Waals surface area contributed by atoms with Crippen molar-refractivity contribution in [3.63, 3.8) is 0 Å². The minimum Gasteiger partial charge on any atom is -0.444 e. The molecule has 0 aromatic carbocycles. The highest BCUT2D eigenvalue weighted by Gasteiger charge is 2.23. The van der Waals surface area contributed by atoms with Gasteiger partial charge in [-0.05, 0) is 40.5 Å². The fourth-order valence-electron chi connectivity index (χ4n) is 1.40. The molecule has 2 amide bonds. The molecule has 0 aliphatic heterocycles. The van der Waals surface area contributed by atoms with Crippen LogP contribution in [0, 0.1) is 0 Å². The van der Waals surface area contributed by atoms with Crippen LogP contribution in [0.25, 0.3) is 0 Å². The number of amides is 2. The SMILES string of the molecule is CC(CNC(=O)OC(C)(C)C)NCC(=O)NC1CC1. The largest absolute Gasteiger partial charge is 0.444 e. The summed E-state index contributed by atoms with van der Waals surface area (Å²) in [5.41, 5.74) is -0.495. The molecule has 1 aliphatic rings. The summed E-state index contributed by atoms with van der Waals surface area (Å²) in [6.07, 6.45) is 1.73. The van der Waals surface area contributed by atoms with Gasteiger partial charge >= 0.3 is 6.09 Å². The second-order valence-electron chi connectivity index (χ2n) is 6.01. The summed E-state index contributed by atoms with van der Waals surface area (Å²) in [6.45, 7) is 8.05. The average molecular weight is 271 g/mol. The van der Waals surface area contributed by atoms with Crippen LogP contribution in [0.5, 0.6) is 0 Å². The fraction of sp³-hybridized carbons (Fsp3) is 0.846. The monoisotopic (exact) mass is 271 g/mol. The molecule has 3 N–H and O–H groups in total. The predicted molar refractivity (Wildman–Crippen MR) is 72.9 cm³/mol. The number of rotatable bonds is 6. The van der Waals surface area contributed by atoms with E-state index in [1.807, 2.05) is 27.7 Å². The summed E-state index contributed by atoms with van der Waals surface area (Å²) in [7, 11) is 0. The molecule has 19 heavy (non-hydrogen) atoms. The third-order valence-electron chi connectivity index (χ3n) is 2.51. The maximum atomic E-state index is 11.4. The molecule has 0 aromatic heterocycles. The zero-order valence-corrected chi connectivity index (χ0v) is 12.2. The van der Waals surface area contributed by atoms with Crippen LogP contribution in [-0.2, 0) is 9.53 Å². The van der Waals surface area contributed by atoms with Crippen LogP contribution in [0.1, 0.15) is 40.5 Å². The van der Waals surface area contributed by atoms with Crippen molar-refractivity contribution < 1.29 is 14.3 Å². The molecule has 1 fully saturated rings. The lowest BCUT2D eigenvalue weighted by atomic mass is 10.2. The van der Waals surface area contributed by atoms with Crippen molar-refractivity contribution in [1.29, 1.82) is 0 Å². The van der Waals surface area contributed by atoms with Gasteiger partial charge in [0.2, 0.25) is 5.91 Å². The molecule has 1 rings (SSSR count). The first-order chi connectivity index (χ1) is 8.76. The van der Waals surface area contributed by atoms with Crippen molar-refractivity contribution in [2.75, 3.05) is 13.1 Å². The second kappa shape index (κ2) is 6.75. The number of carbonyl (C=O) groups excluding carboxylic acids is 2. The first-order valence-corrected chi connectivity index (χ1v) is 6.76. The summed E-state index contributed by atoms with van der Waals surface area (Å²) in [5.74, 6) is 0.00613. The van der Waals surface area contributed by atoms with Crippen molar-refractivity contribution in [2.45, 2.75) is 58.2 Å². The van der Waals surface area contributed by atoms with Crippen molar-refractivity contribution in [3.05, 3.63) is 0 Å². The Bertz CT molecular complexity index is 322. The van der Waals surface area contributed by atoms with E-state index >= 15 is 0 Å². The summed E-state index contributed by atoms with van der Waals surface area (Å²) in [6, 6.07) is 0.391. The van der Waals surface area contributed by atoms with Crippen LogP contribution in [-0.4, -0.2) is 42.8 Å². The summed E-state index contributed by atoms with van der Waals surface area (Å²) in [5, 5.41) is 8.60. The van der Waals surface area contributed by atoms with Crippen LogP contribution in [0.3, 0.4) is 0 Å². The van der Waals surface area contributed by atoms with E-state index < -0.39 is 11.7 Å². The molecule has 0 bridgehead atoms. The molecular formula is C13H25N3O3. The molecule has 6 nitrogen and oxygen atoms in total. The summed E-state index contributed by atoms with van der Waals surface area (Å²) in [4.78, 5) is 22.9. The van der Waals surface area contributed by atoms with Crippen LogP contribution in [0.15, 0.2) is 0 Å². The lowest BCUT2D eigenvalue weighted by Crippen LogP contribution is -2.44. The van der Waals surface area contributed by atoms with E-state index in [0.29, 0.717) is 12.6 Å². The van der Waals surface area contributed by atoms with Gasteiger partial charge < -0.3 is 20.7 Å². The van der Waals surface area contributed by atoms with Gasteiger partial charge in [-0.2, -0.15) is 0 Å². The van der Waals surface area contributed by atoms with Crippen LogP contribution in [0.2, 0.25) is 0 Å². The molecule has 110 valence electrons. The van der Waals surface area contributed by atoms with E-state index in [0.717, 1.165) is 12.8 Å². The zero-order chi connectivity index (χ0) is 14.5. The third kappa shape index (κ3) is 8.42. The minimum absolute atomic E-state index is 0.00613. The van der Waals surface area contributed by atoms with E-state index in [1.54, 1.807) is 0 Å². The Labute approximate surface area is 114 Å². The maximum absolute atomic E-state index is 11.4. The Morgan fingerprint density at radius 1 is 1.32 bits per heavy atom. The summed E-state index contributed by atoms with van der Waals surface area (Å²) >= 11 is 0. The van der Waals surface area contributed by atoms with E-state index in [4.69, 9.17) is 4.74 Å². The molecule has 0 radical (unpaired) electrons. The quantitative estimate of drug-likeness (QED) is 0.666. The number of ether oxygens (including phenoxy) is 1. The molecule has 1 unspecified atom stereocenters. The average Bonchev–Trinajstić information content (AvgIpc) is 3.05. The van der Waals surface area contributed by atoms with Crippen LogP contribution < -0.4 is 16.0 Å². The molecule has 0 aromatic rings. The van der Waals surface area contributed by atoms with Crippen molar-refractivity contribution in [2.24, 2.45) is 0 Å². The molecule has 0 heterocycles. The zero-order valence-electron chi connectivity index (χ0n) is 12.2. The Hall–Kier alpha value is -1.30. The van der Waals surface area contributed by atoms with E-state index in [9.17, 15) is 9.59 Å². The molecule has 6 heteroatoms. The standard InChI is InChI=1S/C13H25N3O3/c1-9(7-15-12(18)19-13(2,3)4)14-8-11(17)16-10-5-6-10/h9-10,14H,5-8H2,1-4H3,(H,15,18)(H,16,17). The first kappa shape index (κ1) is 15.8. The van der Waals surface area contributed by atoms with Crippen molar-refractivity contribution >= 4 is 12.0 Å². The summed E-state index contributed by atoms with van der Waals surface area (Å²) < 4.78 is 5.12. The third-order valence-corrected chi connectivity index (χ3v) is 2.51. The number of carbonyl (C=O) groups is 2. The topological polar surface area (TPSA) is 79.5 Å². The Kier molecular flexibility index (Phi) is 5.60. The number of hydrogen-bond donors (Lipinski definition) is 3. The Balaban J connectivity index is 2.07. The van der Waals surface area contributed by atoms with E-state index in [2.05, 4.69) is 16.0 Å². The lowest BCUT2D eigenvalue weighted by Gasteiger charge is -2.21. The molecule has 1 saturated carbocycles. The number of alkyl carbamates (subject to hydrolysis) is 1. The maximum Gasteiger partial charge on any atom is 0.407 e. The van der Waals surface area contributed by atoms with Gasteiger partial charge in [-0.15, -0.1) is 0 Å². The first-order valence-electron chi connectivity index (χ1n) is 6.76. The van der Waals surface area contributed by atoms with Gasteiger partial charge in [0.1, 0.15) is 5.60 Å². The molecule has 0 spiro atoms. The molecule has 1 aliphatic carbocycles. The fourth-order valence-corrected chi connectivity index (χ4v) is 1.40. The van der Waals surface area contributed by atoms with Gasteiger partial charge in [-0.25, -0.2) is 4.79 Å². The number of nitrogens with one attached hydrogen (secondary N) is 3. The van der Waals surface area contributed by atoms with Crippen molar-refractivity contribution in [3.8, 4) is 0 Å². The normalized spacial score (nSPS) is 16.6. The highest BCUT2D eigenvalue weighted by atomic mass is 16.6. The van der Waals surface area contributed by atoms with E-state index in [-0.39, 0.29) is 18.5 Å². The van der Waals surface area contributed by atoms with Crippen LogP contribution >= 0.6 is 0 Å². The van der Waals surface area contributed by atoms with Gasteiger partial charge in [0.05, 0.1) is 6.54 Å². The van der Waals surface area contributed by atoms with Gasteiger partial charge in [0, 0.05) is 18.6 Å². The molecule has 0 saturated heterocycles. The predicted octanol–water partition coefficient (Wildman–Crippen LogP) is 0.768.